The van der Waals surface area contributed by atoms with Crippen LogP contribution in [0.4, 0.5) is 8.78 Å². The predicted octanol–water partition coefficient (Wildman–Crippen LogP) is 2.60. The molecule has 2 N–H and O–H groups in total. The Morgan fingerprint density at radius 2 is 1.96 bits per heavy atom. The van der Waals surface area contributed by atoms with Gasteiger partial charge in [0.15, 0.2) is 0 Å². The van der Waals surface area contributed by atoms with Crippen molar-refractivity contribution in [3.8, 4) is 0 Å². The number of benzene rings is 1. The summed E-state index contributed by atoms with van der Waals surface area (Å²) >= 11 is 0. The minimum absolute atomic E-state index is 0.275. The lowest BCUT2D eigenvalue weighted by Crippen LogP contribution is -2.34. The molecule has 0 saturated heterocycles. The van der Waals surface area contributed by atoms with Gasteiger partial charge in [0.2, 0.25) is 5.91 Å². The minimum atomic E-state index is -1.46. The fourth-order valence-corrected chi connectivity index (χ4v) is 2.49. The Kier molecular flexibility index (Phi) is 5.66. The van der Waals surface area contributed by atoms with Crippen LogP contribution in [0.2, 0.25) is 0 Å². The van der Waals surface area contributed by atoms with E-state index in [1.54, 1.807) is 20.8 Å². The summed E-state index contributed by atoms with van der Waals surface area (Å²) in [5.74, 6) is -1.77. The number of amides is 1. The summed E-state index contributed by atoms with van der Waals surface area (Å²) in [4.78, 5) is 12.1. The molecule has 0 fully saturated rings. The first-order chi connectivity index (χ1) is 11.3. The van der Waals surface area contributed by atoms with E-state index in [0.29, 0.717) is 12.2 Å². The van der Waals surface area contributed by atoms with Gasteiger partial charge in [0, 0.05) is 18.0 Å². The summed E-state index contributed by atoms with van der Waals surface area (Å²) in [6.45, 7) is 5.01. The Balaban J connectivity index is 1.95. The Hall–Kier alpha value is -2.28. The highest BCUT2D eigenvalue weighted by Crippen LogP contribution is 2.21. The first kappa shape index (κ1) is 18.1. The van der Waals surface area contributed by atoms with Crippen LogP contribution in [0.15, 0.2) is 22.7 Å². The maximum absolute atomic E-state index is 13.6. The van der Waals surface area contributed by atoms with Gasteiger partial charge in [0.25, 0.3) is 0 Å². The van der Waals surface area contributed by atoms with Crippen LogP contribution in [-0.2, 0) is 11.2 Å². The number of aromatic nitrogens is 1. The average molecular weight is 338 g/mol. The zero-order valence-corrected chi connectivity index (χ0v) is 13.8. The number of aryl methyl sites for hydroxylation is 2. The van der Waals surface area contributed by atoms with Crippen molar-refractivity contribution in [2.75, 3.05) is 6.54 Å². The lowest BCUT2D eigenvalue weighted by Gasteiger charge is -2.16. The quantitative estimate of drug-likeness (QED) is 0.849. The number of aliphatic hydroxyl groups excluding tert-OH is 1. The number of rotatable bonds is 6. The number of hydrogen-bond acceptors (Lipinski definition) is 4. The molecule has 2 aromatic rings. The smallest absolute Gasteiger partial charge is 0.223 e. The van der Waals surface area contributed by atoms with Gasteiger partial charge in [-0.15, -0.1) is 0 Å². The summed E-state index contributed by atoms with van der Waals surface area (Å²) in [5, 5.41) is 16.3. The van der Waals surface area contributed by atoms with Gasteiger partial charge in [-0.25, -0.2) is 8.78 Å². The van der Waals surface area contributed by atoms with Crippen molar-refractivity contribution in [2.45, 2.75) is 33.3 Å². The number of aliphatic hydroxyl groups is 1. The summed E-state index contributed by atoms with van der Waals surface area (Å²) in [6, 6.07) is 3.33. The largest absolute Gasteiger partial charge is 0.386 e. The Morgan fingerprint density at radius 3 is 2.50 bits per heavy atom. The van der Waals surface area contributed by atoms with Gasteiger partial charge in [-0.1, -0.05) is 18.1 Å². The molecular formula is C17H20F2N2O3. The first-order valence-corrected chi connectivity index (χ1v) is 7.62. The molecule has 1 aromatic carbocycles. The third kappa shape index (κ3) is 3.97. The molecule has 0 bridgehead atoms. The molecule has 2 rings (SSSR count). The van der Waals surface area contributed by atoms with Gasteiger partial charge in [-0.2, -0.15) is 0 Å². The predicted molar refractivity (Wildman–Crippen MR) is 83.2 cm³/mol. The van der Waals surface area contributed by atoms with E-state index in [1.807, 2.05) is 0 Å². The maximum atomic E-state index is 13.6. The SMILES string of the molecule is Cc1noc(C)c1CC(C)C(=O)NCC(O)c1c(F)cccc1F. The molecule has 1 aromatic heterocycles. The van der Waals surface area contributed by atoms with Crippen molar-refractivity contribution >= 4 is 5.91 Å². The van der Waals surface area contributed by atoms with Crippen LogP contribution in [0.25, 0.3) is 0 Å². The van der Waals surface area contributed by atoms with Crippen molar-refractivity contribution in [3.63, 3.8) is 0 Å². The molecule has 5 nitrogen and oxygen atoms in total. The molecule has 1 amide bonds. The van der Waals surface area contributed by atoms with E-state index in [0.717, 1.165) is 23.4 Å². The van der Waals surface area contributed by atoms with Gasteiger partial charge in [0.1, 0.15) is 23.5 Å². The molecular weight excluding hydrogens is 318 g/mol. The number of nitrogens with zero attached hydrogens (tertiary/aromatic N) is 1. The van der Waals surface area contributed by atoms with Crippen molar-refractivity contribution < 1.29 is 23.2 Å². The Labute approximate surface area is 138 Å². The van der Waals surface area contributed by atoms with E-state index in [4.69, 9.17) is 4.52 Å². The molecule has 24 heavy (non-hydrogen) atoms. The van der Waals surface area contributed by atoms with E-state index in [1.165, 1.54) is 6.07 Å². The monoisotopic (exact) mass is 338 g/mol. The minimum Gasteiger partial charge on any atom is -0.386 e. The second-order valence-electron chi connectivity index (χ2n) is 5.80. The van der Waals surface area contributed by atoms with Gasteiger partial charge in [-0.05, 0) is 32.4 Å². The summed E-state index contributed by atoms with van der Waals surface area (Å²) in [7, 11) is 0. The average Bonchev–Trinajstić information content (AvgIpc) is 2.84. The van der Waals surface area contributed by atoms with Gasteiger partial charge in [-0.3, -0.25) is 4.79 Å². The standard InChI is InChI=1S/C17H20F2N2O3/c1-9(7-12-10(2)21-24-11(12)3)17(23)20-8-15(22)16-13(18)5-4-6-14(16)19/h4-6,9,15,22H,7-8H2,1-3H3,(H,20,23). The lowest BCUT2D eigenvalue weighted by molar-refractivity contribution is -0.125. The molecule has 1 heterocycles. The molecule has 0 radical (unpaired) electrons. The summed E-state index contributed by atoms with van der Waals surface area (Å²) < 4.78 is 32.2. The lowest BCUT2D eigenvalue weighted by atomic mass is 9.99. The fraction of sp³-hybridized carbons (Fsp3) is 0.412. The number of halogens is 2. The highest BCUT2D eigenvalue weighted by atomic mass is 19.1. The van der Waals surface area contributed by atoms with Gasteiger partial charge in [0.05, 0.1) is 11.3 Å². The molecule has 7 heteroatoms. The van der Waals surface area contributed by atoms with E-state index in [-0.39, 0.29) is 12.5 Å². The highest BCUT2D eigenvalue weighted by molar-refractivity contribution is 5.78. The Morgan fingerprint density at radius 1 is 1.33 bits per heavy atom. The van der Waals surface area contributed by atoms with Crippen LogP contribution < -0.4 is 5.32 Å². The van der Waals surface area contributed by atoms with Crippen molar-refractivity contribution in [1.29, 1.82) is 0 Å². The third-order valence-corrected chi connectivity index (χ3v) is 3.94. The number of hydrogen-bond donors (Lipinski definition) is 2. The topological polar surface area (TPSA) is 75.4 Å². The molecule has 0 saturated carbocycles. The molecule has 2 atom stereocenters. The zero-order valence-electron chi connectivity index (χ0n) is 13.8. The second kappa shape index (κ2) is 7.53. The van der Waals surface area contributed by atoms with Crippen LogP contribution in [0, 0.1) is 31.4 Å². The van der Waals surface area contributed by atoms with Crippen LogP contribution in [-0.4, -0.2) is 22.7 Å². The van der Waals surface area contributed by atoms with Gasteiger partial charge < -0.3 is 14.9 Å². The zero-order chi connectivity index (χ0) is 17.9. The second-order valence-corrected chi connectivity index (χ2v) is 5.80. The molecule has 130 valence electrons. The van der Waals surface area contributed by atoms with Crippen molar-refractivity contribution in [3.05, 3.63) is 52.4 Å². The van der Waals surface area contributed by atoms with E-state index in [2.05, 4.69) is 10.5 Å². The summed E-state index contributed by atoms with van der Waals surface area (Å²) in [5.41, 5.74) is 1.13. The first-order valence-electron chi connectivity index (χ1n) is 7.62. The van der Waals surface area contributed by atoms with Crippen molar-refractivity contribution in [2.24, 2.45) is 5.92 Å². The molecule has 0 aliphatic carbocycles. The maximum Gasteiger partial charge on any atom is 0.223 e. The Bertz CT molecular complexity index is 691. The molecule has 0 spiro atoms. The molecule has 0 aliphatic heterocycles. The number of carbonyl (C=O) groups is 1. The van der Waals surface area contributed by atoms with E-state index < -0.39 is 29.2 Å². The van der Waals surface area contributed by atoms with E-state index in [9.17, 15) is 18.7 Å². The molecule has 2 unspecified atom stereocenters. The van der Waals surface area contributed by atoms with Gasteiger partial charge >= 0.3 is 0 Å². The van der Waals surface area contributed by atoms with Crippen LogP contribution >= 0.6 is 0 Å². The van der Waals surface area contributed by atoms with Crippen molar-refractivity contribution in [1.82, 2.24) is 10.5 Å². The highest BCUT2D eigenvalue weighted by Gasteiger charge is 2.22. The number of carbonyl (C=O) groups excluding carboxylic acids is 1. The van der Waals surface area contributed by atoms with Crippen LogP contribution in [0.1, 0.15) is 35.6 Å². The fourth-order valence-electron chi connectivity index (χ4n) is 2.49. The number of nitrogens with one attached hydrogen (secondary N) is 1. The summed E-state index contributed by atoms with van der Waals surface area (Å²) in [6.07, 6.45) is -1.03. The van der Waals surface area contributed by atoms with E-state index >= 15 is 0 Å². The van der Waals surface area contributed by atoms with Crippen LogP contribution in [0.3, 0.4) is 0 Å². The molecule has 0 aliphatic rings. The third-order valence-electron chi connectivity index (χ3n) is 3.94. The van der Waals surface area contributed by atoms with Crippen LogP contribution in [0.5, 0.6) is 0 Å². The normalized spacial score (nSPS) is 13.6.